The maximum Gasteiger partial charge on any atom is 0.259 e. The van der Waals surface area contributed by atoms with Gasteiger partial charge in [0.1, 0.15) is 5.82 Å². The number of aliphatic hydroxyl groups is 1. The number of aromatic nitrogens is 2. The van der Waals surface area contributed by atoms with Crippen molar-refractivity contribution in [2.24, 2.45) is 0 Å². The number of nitrogens with zero attached hydrogens (tertiary/aromatic N) is 2. The molecule has 104 valence electrons. The van der Waals surface area contributed by atoms with Crippen LogP contribution in [-0.2, 0) is 16.6 Å². The van der Waals surface area contributed by atoms with E-state index in [9.17, 15) is 8.42 Å². The van der Waals surface area contributed by atoms with Crippen LogP contribution in [0.4, 0.5) is 0 Å². The van der Waals surface area contributed by atoms with Crippen LogP contribution in [0.1, 0.15) is 32.5 Å². The van der Waals surface area contributed by atoms with Crippen molar-refractivity contribution >= 4 is 10.0 Å². The zero-order chi connectivity index (χ0) is 13.8. The minimum Gasteiger partial charge on any atom is -0.396 e. The SMILES string of the molecule is CCC(CCO)NS(=O)(=O)c1cn(CC)c(C)n1. The van der Waals surface area contributed by atoms with Crippen molar-refractivity contribution in [3.05, 3.63) is 12.0 Å². The van der Waals surface area contributed by atoms with Crippen LogP contribution in [0.3, 0.4) is 0 Å². The fourth-order valence-electron chi connectivity index (χ4n) is 1.71. The van der Waals surface area contributed by atoms with Gasteiger partial charge in [-0.2, -0.15) is 0 Å². The van der Waals surface area contributed by atoms with E-state index in [4.69, 9.17) is 5.11 Å². The van der Waals surface area contributed by atoms with Crippen LogP contribution in [0.15, 0.2) is 11.2 Å². The lowest BCUT2D eigenvalue weighted by atomic mass is 10.2. The molecule has 0 aliphatic heterocycles. The Morgan fingerprint density at radius 2 is 2.17 bits per heavy atom. The third-order valence-electron chi connectivity index (χ3n) is 2.86. The highest BCUT2D eigenvalue weighted by molar-refractivity contribution is 7.89. The van der Waals surface area contributed by atoms with E-state index in [1.54, 1.807) is 11.5 Å². The van der Waals surface area contributed by atoms with Gasteiger partial charge in [-0.25, -0.2) is 18.1 Å². The molecule has 18 heavy (non-hydrogen) atoms. The summed E-state index contributed by atoms with van der Waals surface area (Å²) in [5.74, 6) is 0.674. The lowest BCUT2D eigenvalue weighted by molar-refractivity contribution is 0.270. The molecule has 1 aromatic heterocycles. The van der Waals surface area contributed by atoms with Gasteiger partial charge in [-0.15, -0.1) is 0 Å². The predicted molar refractivity (Wildman–Crippen MR) is 68.7 cm³/mol. The van der Waals surface area contributed by atoms with E-state index >= 15 is 0 Å². The second-order valence-electron chi connectivity index (χ2n) is 4.15. The van der Waals surface area contributed by atoms with Crippen molar-refractivity contribution in [1.82, 2.24) is 14.3 Å². The third-order valence-corrected chi connectivity index (χ3v) is 4.25. The van der Waals surface area contributed by atoms with Gasteiger partial charge in [0.15, 0.2) is 5.03 Å². The number of sulfonamides is 1. The number of hydrogen-bond donors (Lipinski definition) is 2. The minimum atomic E-state index is -3.60. The molecule has 0 saturated heterocycles. The summed E-state index contributed by atoms with van der Waals surface area (Å²) in [4.78, 5) is 4.05. The highest BCUT2D eigenvalue weighted by atomic mass is 32.2. The van der Waals surface area contributed by atoms with Crippen LogP contribution in [0.25, 0.3) is 0 Å². The van der Waals surface area contributed by atoms with Gasteiger partial charge < -0.3 is 9.67 Å². The summed E-state index contributed by atoms with van der Waals surface area (Å²) < 4.78 is 28.5. The molecule has 6 nitrogen and oxygen atoms in total. The number of rotatable bonds is 7. The van der Waals surface area contributed by atoms with Gasteiger partial charge in [-0.3, -0.25) is 0 Å². The van der Waals surface area contributed by atoms with E-state index in [0.717, 1.165) is 0 Å². The van der Waals surface area contributed by atoms with Gasteiger partial charge in [0, 0.05) is 25.4 Å². The Balaban J connectivity index is 2.91. The molecule has 0 fully saturated rings. The zero-order valence-corrected chi connectivity index (χ0v) is 11.9. The smallest absolute Gasteiger partial charge is 0.259 e. The molecule has 1 aromatic rings. The van der Waals surface area contributed by atoms with Gasteiger partial charge in [0.25, 0.3) is 10.0 Å². The van der Waals surface area contributed by atoms with Gasteiger partial charge >= 0.3 is 0 Å². The normalized spacial score (nSPS) is 13.8. The van der Waals surface area contributed by atoms with Crippen LogP contribution in [0.2, 0.25) is 0 Å². The Kier molecular flexibility index (Phi) is 5.30. The summed E-state index contributed by atoms with van der Waals surface area (Å²) in [5, 5.41) is 8.91. The maximum absolute atomic E-state index is 12.1. The summed E-state index contributed by atoms with van der Waals surface area (Å²) >= 11 is 0. The van der Waals surface area contributed by atoms with Gasteiger partial charge in [0.2, 0.25) is 0 Å². The zero-order valence-electron chi connectivity index (χ0n) is 11.0. The van der Waals surface area contributed by atoms with Crippen molar-refractivity contribution in [3.8, 4) is 0 Å². The van der Waals surface area contributed by atoms with Crippen LogP contribution in [-0.4, -0.2) is 35.7 Å². The molecule has 0 aliphatic carbocycles. The summed E-state index contributed by atoms with van der Waals surface area (Å²) in [6, 6.07) is -0.257. The number of hydrogen-bond acceptors (Lipinski definition) is 4. The molecule has 0 spiro atoms. The van der Waals surface area contributed by atoms with E-state index in [2.05, 4.69) is 9.71 Å². The van der Waals surface area contributed by atoms with Crippen molar-refractivity contribution in [1.29, 1.82) is 0 Å². The van der Waals surface area contributed by atoms with Crippen molar-refractivity contribution < 1.29 is 13.5 Å². The first-order chi connectivity index (χ1) is 8.44. The van der Waals surface area contributed by atoms with E-state index in [0.29, 0.717) is 25.2 Å². The average Bonchev–Trinajstić information content (AvgIpc) is 2.70. The summed E-state index contributed by atoms with van der Waals surface area (Å²) in [6.45, 7) is 6.22. The molecule has 0 aliphatic rings. The average molecular weight is 275 g/mol. The first-order valence-electron chi connectivity index (χ1n) is 6.11. The molecule has 1 atom stereocenters. The number of aliphatic hydroxyl groups excluding tert-OH is 1. The quantitative estimate of drug-likeness (QED) is 0.765. The molecular formula is C11H21N3O3S. The lowest BCUT2D eigenvalue weighted by Crippen LogP contribution is -2.35. The standard InChI is InChI=1S/C11H21N3O3S/c1-4-10(6-7-15)13-18(16,17)11-8-14(5-2)9(3)12-11/h8,10,13,15H,4-7H2,1-3H3. The van der Waals surface area contributed by atoms with Crippen LogP contribution in [0.5, 0.6) is 0 Å². The molecular weight excluding hydrogens is 254 g/mol. The molecule has 0 saturated carbocycles. The Morgan fingerprint density at radius 1 is 1.50 bits per heavy atom. The fraction of sp³-hybridized carbons (Fsp3) is 0.727. The molecule has 0 aromatic carbocycles. The third kappa shape index (κ3) is 3.54. The van der Waals surface area contributed by atoms with Gasteiger partial charge in [0.05, 0.1) is 0 Å². The highest BCUT2D eigenvalue weighted by Crippen LogP contribution is 2.11. The van der Waals surface area contributed by atoms with Crippen LogP contribution in [0, 0.1) is 6.92 Å². The predicted octanol–water partition coefficient (Wildman–Crippen LogP) is 0.651. The second kappa shape index (κ2) is 6.31. The topological polar surface area (TPSA) is 84.2 Å². The molecule has 1 rings (SSSR count). The number of imidazole rings is 1. The fourth-order valence-corrected chi connectivity index (χ4v) is 3.07. The molecule has 0 radical (unpaired) electrons. The molecule has 1 unspecified atom stereocenters. The van der Waals surface area contributed by atoms with Gasteiger partial charge in [-0.05, 0) is 26.7 Å². The summed E-state index contributed by atoms with van der Waals surface area (Å²) in [7, 11) is -3.60. The molecule has 0 bridgehead atoms. The Bertz CT molecular complexity index is 482. The Morgan fingerprint density at radius 3 is 2.61 bits per heavy atom. The van der Waals surface area contributed by atoms with Crippen molar-refractivity contribution in [2.75, 3.05) is 6.61 Å². The van der Waals surface area contributed by atoms with Crippen molar-refractivity contribution in [3.63, 3.8) is 0 Å². The molecule has 0 amide bonds. The van der Waals surface area contributed by atoms with E-state index in [-0.39, 0.29) is 17.7 Å². The number of aryl methyl sites for hydroxylation is 2. The first kappa shape index (κ1) is 15.1. The number of nitrogens with one attached hydrogen (secondary N) is 1. The molecule has 1 heterocycles. The maximum atomic E-state index is 12.1. The van der Waals surface area contributed by atoms with Crippen LogP contribution >= 0.6 is 0 Å². The van der Waals surface area contributed by atoms with Crippen LogP contribution < -0.4 is 4.72 Å². The lowest BCUT2D eigenvalue weighted by Gasteiger charge is -2.14. The second-order valence-corrected chi connectivity index (χ2v) is 5.81. The van der Waals surface area contributed by atoms with Gasteiger partial charge in [-0.1, -0.05) is 6.92 Å². The Labute approximate surface area is 108 Å². The molecule has 2 N–H and O–H groups in total. The highest BCUT2D eigenvalue weighted by Gasteiger charge is 2.22. The summed E-state index contributed by atoms with van der Waals surface area (Å²) in [5.41, 5.74) is 0. The van der Waals surface area contributed by atoms with E-state index in [1.807, 2.05) is 13.8 Å². The van der Waals surface area contributed by atoms with E-state index < -0.39 is 10.0 Å². The minimum absolute atomic E-state index is 0.0382. The monoisotopic (exact) mass is 275 g/mol. The van der Waals surface area contributed by atoms with Crippen molar-refractivity contribution in [2.45, 2.75) is 51.2 Å². The first-order valence-corrected chi connectivity index (χ1v) is 7.59. The largest absolute Gasteiger partial charge is 0.396 e. The Hall–Kier alpha value is -0.920. The molecule has 7 heteroatoms. The van der Waals surface area contributed by atoms with E-state index in [1.165, 1.54) is 6.20 Å². The summed E-state index contributed by atoms with van der Waals surface area (Å²) in [6.07, 6.45) is 2.57.